The van der Waals surface area contributed by atoms with E-state index in [1.54, 1.807) is 19.1 Å². The highest BCUT2D eigenvalue weighted by Crippen LogP contribution is 2.34. The van der Waals surface area contributed by atoms with E-state index in [1.165, 1.54) is 23.4 Å². The predicted octanol–water partition coefficient (Wildman–Crippen LogP) is 4.25. The molecule has 0 saturated carbocycles. The Balaban J connectivity index is 2.49. The first-order valence-electron chi connectivity index (χ1n) is 9.02. The summed E-state index contributed by atoms with van der Waals surface area (Å²) in [5.41, 5.74) is 1.32. The molecule has 0 radical (unpaired) electrons. The molecule has 1 aromatic carbocycles. The van der Waals surface area contributed by atoms with Crippen LogP contribution in [0.25, 0.3) is 11.0 Å². The second-order valence-corrected chi connectivity index (χ2v) is 8.94. The number of aromatic nitrogens is 2. The number of carboxylic acids is 1. The molecule has 0 amide bonds. The number of thioether (sulfide) groups is 1. The molecule has 10 heteroatoms. The molecule has 0 aliphatic heterocycles. The molecular formula is C19H25N3O5S2. The van der Waals surface area contributed by atoms with E-state index in [1.807, 2.05) is 20.8 Å². The molecule has 0 aliphatic rings. The maximum atomic E-state index is 12.6. The number of ether oxygens (including phenoxy) is 2. The third kappa shape index (κ3) is 5.60. The van der Waals surface area contributed by atoms with E-state index < -0.39 is 17.5 Å². The first-order valence-corrected chi connectivity index (χ1v) is 10.4. The first-order chi connectivity index (χ1) is 13.6. The van der Waals surface area contributed by atoms with Crippen molar-refractivity contribution in [3.05, 3.63) is 18.0 Å². The molecule has 29 heavy (non-hydrogen) atoms. The number of thiocarbonyl (C=S) groups is 1. The van der Waals surface area contributed by atoms with Gasteiger partial charge in [-0.15, -0.1) is 0 Å². The summed E-state index contributed by atoms with van der Waals surface area (Å²) >= 11 is 6.52. The molecule has 0 bridgehead atoms. The molecule has 8 nitrogen and oxygen atoms in total. The molecule has 2 rings (SSSR count). The normalized spacial score (nSPS) is 11.3. The second kappa shape index (κ2) is 9.45. The number of hydrogen-bond donors (Lipinski definition) is 2. The standard InChI is InChI=1S/C19H25N3O5S2/c1-6-27-18(25)22-13-9-12(21-17(28)29-8-7-15(23)24)14(26-5)10-11(13)20-16(22)19(2,3)4/h9-10H,6-8H2,1-5H3,(H,21,28)(H,23,24). The number of nitrogens with one attached hydrogen (secondary N) is 1. The fraction of sp³-hybridized carbons (Fsp3) is 0.474. The molecule has 1 heterocycles. The van der Waals surface area contributed by atoms with Crippen LogP contribution in [0.3, 0.4) is 0 Å². The summed E-state index contributed by atoms with van der Waals surface area (Å²) in [6.07, 6.45) is -0.498. The van der Waals surface area contributed by atoms with Gasteiger partial charge >= 0.3 is 12.1 Å². The van der Waals surface area contributed by atoms with Gasteiger partial charge in [-0.05, 0) is 13.0 Å². The minimum atomic E-state index is -0.882. The number of nitrogens with zero attached hydrogens (tertiary/aromatic N) is 2. The Bertz CT molecular complexity index is 934. The molecule has 0 atom stereocenters. The second-order valence-electron chi connectivity index (χ2n) is 7.17. The SMILES string of the molecule is CCOC(=O)n1c(C(C)(C)C)nc2cc(OC)c(NC(=S)SCCC(=O)O)cc21. The predicted molar refractivity (Wildman–Crippen MR) is 118 cm³/mol. The Kier molecular flexibility index (Phi) is 7.48. The number of hydrogen-bond acceptors (Lipinski definition) is 7. The van der Waals surface area contributed by atoms with Crippen molar-refractivity contribution in [2.75, 3.05) is 24.8 Å². The quantitative estimate of drug-likeness (QED) is 0.639. The number of anilines is 1. The van der Waals surface area contributed by atoms with Crippen molar-refractivity contribution >= 4 is 57.1 Å². The minimum Gasteiger partial charge on any atom is -0.494 e. The number of methoxy groups -OCH3 is 1. The molecule has 0 spiro atoms. The third-order valence-corrected chi connectivity index (χ3v) is 5.11. The van der Waals surface area contributed by atoms with Crippen LogP contribution in [0.2, 0.25) is 0 Å². The van der Waals surface area contributed by atoms with E-state index in [-0.39, 0.29) is 13.0 Å². The molecule has 0 aliphatic carbocycles. The summed E-state index contributed by atoms with van der Waals surface area (Å²) in [6.45, 7) is 7.89. The molecule has 0 fully saturated rings. The van der Waals surface area contributed by atoms with Gasteiger partial charge in [0.25, 0.3) is 0 Å². The van der Waals surface area contributed by atoms with Crippen molar-refractivity contribution < 1.29 is 24.2 Å². The lowest BCUT2D eigenvalue weighted by Crippen LogP contribution is -2.24. The van der Waals surface area contributed by atoms with Crippen LogP contribution >= 0.6 is 24.0 Å². The largest absolute Gasteiger partial charge is 0.494 e. The zero-order chi connectivity index (χ0) is 21.8. The van der Waals surface area contributed by atoms with Crippen molar-refractivity contribution in [3.8, 4) is 5.75 Å². The molecule has 1 aromatic heterocycles. The zero-order valence-corrected chi connectivity index (χ0v) is 18.7. The van der Waals surface area contributed by atoms with Crippen LogP contribution in [0, 0.1) is 0 Å². The van der Waals surface area contributed by atoms with E-state index in [4.69, 9.17) is 26.8 Å². The van der Waals surface area contributed by atoms with Gasteiger partial charge in [-0.2, -0.15) is 0 Å². The average Bonchev–Trinajstić information content (AvgIpc) is 2.99. The summed E-state index contributed by atoms with van der Waals surface area (Å²) < 4.78 is 12.5. The van der Waals surface area contributed by atoms with Gasteiger partial charge < -0.3 is 19.9 Å². The number of benzene rings is 1. The lowest BCUT2D eigenvalue weighted by atomic mass is 9.96. The number of carboxylic acid groups (broad SMARTS) is 1. The van der Waals surface area contributed by atoms with Crippen molar-refractivity contribution in [2.24, 2.45) is 0 Å². The molecule has 2 N–H and O–H groups in total. The number of imidazole rings is 1. The maximum Gasteiger partial charge on any atom is 0.419 e. The van der Waals surface area contributed by atoms with Crippen molar-refractivity contribution in [3.63, 3.8) is 0 Å². The summed E-state index contributed by atoms with van der Waals surface area (Å²) in [4.78, 5) is 28.0. The van der Waals surface area contributed by atoms with E-state index in [0.717, 1.165) is 0 Å². The Morgan fingerprint density at radius 3 is 2.59 bits per heavy atom. The number of fused-ring (bicyclic) bond motifs is 1. The van der Waals surface area contributed by atoms with Crippen LogP contribution in [-0.2, 0) is 14.9 Å². The van der Waals surface area contributed by atoms with Crippen molar-refractivity contribution in [2.45, 2.75) is 39.5 Å². The highest BCUT2D eigenvalue weighted by molar-refractivity contribution is 8.23. The van der Waals surface area contributed by atoms with Crippen LogP contribution < -0.4 is 10.1 Å². The summed E-state index contributed by atoms with van der Waals surface area (Å²) in [5.74, 6) is 0.546. The lowest BCUT2D eigenvalue weighted by Gasteiger charge is -2.19. The van der Waals surface area contributed by atoms with Gasteiger partial charge in [0.15, 0.2) is 0 Å². The number of aliphatic carboxylic acids is 1. The van der Waals surface area contributed by atoms with Gasteiger partial charge in [0.1, 0.15) is 15.9 Å². The lowest BCUT2D eigenvalue weighted by molar-refractivity contribution is -0.136. The number of carbonyl (C=O) groups excluding carboxylic acids is 1. The Hall–Kier alpha value is -2.33. The molecule has 2 aromatic rings. The van der Waals surface area contributed by atoms with Crippen LogP contribution in [0.1, 0.15) is 39.9 Å². The van der Waals surface area contributed by atoms with Gasteiger partial charge in [-0.25, -0.2) is 14.3 Å². The van der Waals surface area contributed by atoms with Crippen LogP contribution in [-0.4, -0.2) is 50.5 Å². The summed E-state index contributed by atoms with van der Waals surface area (Å²) in [6, 6.07) is 3.46. The maximum absolute atomic E-state index is 12.6. The fourth-order valence-corrected chi connectivity index (χ4v) is 3.63. The van der Waals surface area contributed by atoms with E-state index >= 15 is 0 Å². The van der Waals surface area contributed by atoms with E-state index in [2.05, 4.69) is 10.3 Å². The van der Waals surface area contributed by atoms with Crippen molar-refractivity contribution in [1.29, 1.82) is 0 Å². The van der Waals surface area contributed by atoms with Crippen LogP contribution in [0.5, 0.6) is 5.75 Å². The highest BCUT2D eigenvalue weighted by Gasteiger charge is 2.28. The van der Waals surface area contributed by atoms with Gasteiger partial charge in [0.05, 0.1) is 36.9 Å². The summed E-state index contributed by atoms with van der Waals surface area (Å²) in [7, 11) is 1.53. The Morgan fingerprint density at radius 1 is 1.34 bits per heavy atom. The molecular weight excluding hydrogens is 414 g/mol. The fourth-order valence-electron chi connectivity index (χ4n) is 2.62. The summed E-state index contributed by atoms with van der Waals surface area (Å²) in [5, 5.41) is 11.8. The Morgan fingerprint density at radius 2 is 2.03 bits per heavy atom. The first kappa shape index (κ1) is 23.0. The van der Waals surface area contributed by atoms with Gasteiger partial charge in [-0.1, -0.05) is 44.8 Å². The zero-order valence-electron chi connectivity index (χ0n) is 17.1. The van der Waals surface area contributed by atoms with Gasteiger partial charge in [-0.3, -0.25) is 4.79 Å². The van der Waals surface area contributed by atoms with Crippen LogP contribution in [0.4, 0.5) is 10.5 Å². The molecule has 0 unspecified atom stereocenters. The van der Waals surface area contributed by atoms with Gasteiger partial charge in [0, 0.05) is 17.2 Å². The highest BCUT2D eigenvalue weighted by atomic mass is 32.2. The number of rotatable bonds is 6. The van der Waals surface area contributed by atoms with E-state index in [9.17, 15) is 9.59 Å². The van der Waals surface area contributed by atoms with Crippen molar-refractivity contribution in [1.82, 2.24) is 9.55 Å². The van der Waals surface area contributed by atoms with Crippen LogP contribution in [0.15, 0.2) is 12.1 Å². The Labute approximate surface area is 179 Å². The molecule has 0 saturated heterocycles. The smallest absolute Gasteiger partial charge is 0.419 e. The average molecular weight is 440 g/mol. The monoisotopic (exact) mass is 439 g/mol. The number of carbonyl (C=O) groups is 2. The topological polar surface area (TPSA) is 103 Å². The van der Waals surface area contributed by atoms with E-state index in [0.29, 0.717) is 38.4 Å². The minimum absolute atomic E-state index is 0.00717. The van der Waals surface area contributed by atoms with Gasteiger partial charge in [0.2, 0.25) is 0 Å². The molecule has 158 valence electrons. The third-order valence-electron chi connectivity index (χ3n) is 3.88.